The molecule has 0 fully saturated rings. The molecule has 0 aliphatic carbocycles. The van der Waals surface area contributed by atoms with E-state index >= 15 is 0 Å². The van der Waals surface area contributed by atoms with Crippen LogP contribution in [-0.4, -0.2) is 18.1 Å². The molecule has 5 heteroatoms. The molecule has 22 heavy (non-hydrogen) atoms. The number of carbonyl (C=O) groups excluding carboxylic acids is 1. The fourth-order valence-corrected chi connectivity index (χ4v) is 2.73. The maximum Gasteiger partial charge on any atom is 0.231 e. The molecule has 0 radical (unpaired) electrons. The number of aliphatic hydroxyl groups is 1. The molecule has 2 aromatic rings. The Kier molecular flexibility index (Phi) is 3.58. The lowest BCUT2D eigenvalue weighted by Crippen LogP contribution is -2.08. The molecule has 2 atom stereocenters. The zero-order chi connectivity index (χ0) is 15.9. The maximum absolute atomic E-state index is 14.2. The maximum atomic E-state index is 14.2. The minimum Gasteiger partial charge on any atom is -0.496 e. The molecule has 0 bridgehead atoms. The van der Waals surface area contributed by atoms with Crippen LogP contribution in [0.5, 0.6) is 5.75 Å². The Balaban J connectivity index is 2.06. The van der Waals surface area contributed by atoms with E-state index in [1.54, 1.807) is 37.3 Å². The van der Waals surface area contributed by atoms with Gasteiger partial charge in [0, 0.05) is 5.56 Å². The van der Waals surface area contributed by atoms with Gasteiger partial charge >= 0.3 is 0 Å². The van der Waals surface area contributed by atoms with Crippen LogP contribution in [0.4, 0.5) is 10.1 Å². The standard InChI is InChI=1S/C17H16FNO3/c1-9-12-7-10(8-13(18)15(12)19-17(9)21)16(20)11-5-3-4-6-14(11)22-2/h3-9,16,20H,1-2H3,(H,19,21). The van der Waals surface area contributed by atoms with Gasteiger partial charge in [-0.25, -0.2) is 4.39 Å². The molecule has 1 heterocycles. The van der Waals surface area contributed by atoms with Crippen molar-refractivity contribution in [3.8, 4) is 5.75 Å². The average Bonchev–Trinajstić information content (AvgIpc) is 2.82. The Morgan fingerprint density at radius 3 is 2.77 bits per heavy atom. The molecule has 2 unspecified atom stereocenters. The summed E-state index contributed by atoms with van der Waals surface area (Å²) in [5.41, 5.74) is 1.71. The first-order valence-corrected chi connectivity index (χ1v) is 6.98. The zero-order valence-corrected chi connectivity index (χ0v) is 12.3. The summed E-state index contributed by atoms with van der Waals surface area (Å²) < 4.78 is 19.4. The lowest BCUT2D eigenvalue weighted by atomic mass is 9.95. The summed E-state index contributed by atoms with van der Waals surface area (Å²) >= 11 is 0. The van der Waals surface area contributed by atoms with Gasteiger partial charge < -0.3 is 15.2 Å². The molecule has 0 aromatic heterocycles. The Bertz CT molecular complexity index is 745. The Morgan fingerprint density at radius 2 is 2.05 bits per heavy atom. The second-order valence-corrected chi connectivity index (χ2v) is 5.32. The van der Waals surface area contributed by atoms with E-state index in [9.17, 15) is 14.3 Å². The molecule has 4 nitrogen and oxygen atoms in total. The molecule has 1 aliphatic rings. The van der Waals surface area contributed by atoms with Crippen LogP contribution in [0.15, 0.2) is 36.4 Å². The van der Waals surface area contributed by atoms with Crippen molar-refractivity contribution in [3.05, 3.63) is 58.9 Å². The molecule has 0 saturated carbocycles. The van der Waals surface area contributed by atoms with Gasteiger partial charge in [0.15, 0.2) is 0 Å². The predicted molar refractivity (Wildman–Crippen MR) is 80.5 cm³/mol. The van der Waals surface area contributed by atoms with Crippen LogP contribution in [0, 0.1) is 5.82 Å². The van der Waals surface area contributed by atoms with E-state index in [2.05, 4.69) is 5.32 Å². The molecule has 0 spiro atoms. The van der Waals surface area contributed by atoms with Crippen molar-refractivity contribution < 1.29 is 19.0 Å². The van der Waals surface area contributed by atoms with Gasteiger partial charge in [-0.2, -0.15) is 0 Å². The van der Waals surface area contributed by atoms with Crippen molar-refractivity contribution in [1.82, 2.24) is 0 Å². The van der Waals surface area contributed by atoms with Gasteiger partial charge in [-0.1, -0.05) is 18.2 Å². The van der Waals surface area contributed by atoms with E-state index in [0.717, 1.165) is 0 Å². The molecule has 0 saturated heterocycles. The summed E-state index contributed by atoms with van der Waals surface area (Å²) in [6.07, 6.45) is -1.03. The minimum atomic E-state index is -1.03. The van der Waals surface area contributed by atoms with Crippen molar-refractivity contribution in [2.24, 2.45) is 0 Å². The summed E-state index contributed by atoms with van der Waals surface area (Å²) in [7, 11) is 1.51. The van der Waals surface area contributed by atoms with Gasteiger partial charge in [-0.15, -0.1) is 0 Å². The van der Waals surface area contributed by atoms with Crippen LogP contribution in [-0.2, 0) is 4.79 Å². The van der Waals surface area contributed by atoms with Gasteiger partial charge in [0.1, 0.15) is 17.7 Å². The molecular formula is C17H16FNO3. The third kappa shape index (κ3) is 2.23. The minimum absolute atomic E-state index is 0.202. The second kappa shape index (κ2) is 5.42. The van der Waals surface area contributed by atoms with E-state index in [1.807, 2.05) is 0 Å². The summed E-state index contributed by atoms with van der Waals surface area (Å²) in [4.78, 5) is 11.7. The summed E-state index contributed by atoms with van der Waals surface area (Å²) in [6, 6.07) is 9.94. The highest BCUT2D eigenvalue weighted by Gasteiger charge is 2.30. The fraction of sp³-hybridized carbons (Fsp3) is 0.235. The molecule has 2 aromatic carbocycles. The van der Waals surface area contributed by atoms with E-state index < -0.39 is 17.8 Å². The van der Waals surface area contributed by atoms with E-state index in [0.29, 0.717) is 22.4 Å². The number of methoxy groups -OCH3 is 1. The number of ether oxygens (including phenoxy) is 1. The quantitative estimate of drug-likeness (QED) is 0.916. The van der Waals surface area contributed by atoms with E-state index in [-0.39, 0.29) is 11.6 Å². The Hall–Kier alpha value is -2.40. The highest BCUT2D eigenvalue weighted by atomic mass is 19.1. The molecule has 2 N–H and O–H groups in total. The normalized spacial score (nSPS) is 17.8. The topological polar surface area (TPSA) is 58.6 Å². The lowest BCUT2D eigenvalue weighted by molar-refractivity contribution is -0.116. The largest absolute Gasteiger partial charge is 0.496 e. The summed E-state index contributed by atoms with van der Waals surface area (Å²) in [6.45, 7) is 1.71. The molecule has 1 aliphatic heterocycles. The number of nitrogens with one attached hydrogen (secondary N) is 1. The SMILES string of the molecule is COc1ccccc1C(O)c1cc(F)c2c(c1)C(C)C(=O)N2. The van der Waals surface area contributed by atoms with Crippen molar-refractivity contribution in [3.63, 3.8) is 0 Å². The summed E-state index contributed by atoms with van der Waals surface area (Å²) in [5.74, 6) is -0.690. The van der Waals surface area contributed by atoms with Crippen molar-refractivity contribution >= 4 is 11.6 Å². The first-order chi connectivity index (χ1) is 10.5. The van der Waals surface area contributed by atoms with Gasteiger partial charge in [-0.05, 0) is 36.2 Å². The van der Waals surface area contributed by atoms with Crippen LogP contribution < -0.4 is 10.1 Å². The smallest absolute Gasteiger partial charge is 0.231 e. The van der Waals surface area contributed by atoms with Crippen molar-refractivity contribution in [2.45, 2.75) is 18.9 Å². The molecule has 114 valence electrons. The molecule has 3 rings (SSSR count). The number of benzene rings is 2. The van der Waals surface area contributed by atoms with E-state index in [4.69, 9.17) is 4.74 Å². The fourth-order valence-electron chi connectivity index (χ4n) is 2.73. The van der Waals surface area contributed by atoms with Gasteiger partial charge in [0.25, 0.3) is 0 Å². The number of fused-ring (bicyclic) bond motifs is 1. The summed E-state index contributed by atoms with van der Waals surface area (Å²) in [5, 5.41) is 13.1. The number of hydrogen-bond donors (Lipinski definition) is 2. The lowest BCUT2D eigenvalue weighted by Gasteiger charge is -2.16. The van der Waals surface area contributed by atoms with Crippen LogP contribution in [0.1, 0.15) is 35.6 Å². The average molecular weight is 301 g/mol. The zero-order valence-electron chi connectivity index (χ0n) is 12.3. The highest BCUT2D eigenvalue weighted by Crippen LogP contribution is 2.38. The van der Waals surface area contributed by atoms with Crippen molar-refractivity contribution in [2.75, 3.05) is 12.4 Å². The van der Waals surface area contributed by atoms with Gasteiger partial charge in [0.2, 0.25) is 5.91 Å². The first kappa shape index (κ1) is 14.5. The van der Waals surface area contributed by atoms with Crippen LogP contribution in [0.2, 0.25) is 0 Å². The highest BCUT2D eigenvalue weighted by molar-refractivity contribution is 6.02. The number of amides is 1. The second-order valence-electron chi connectivity index (χ2n) is 5.32. The van der Waals surface area contributed by atoms with Crippen LogP contribution in [0.25, 0.3) is 0 Å². The van der Waals surface area contributed by atoms with Crippen LogP contribution >= 0.6 is 0 Å². The number of anilines is 1. The number of hydrogen-bond acceptors (Lipinski definition) is 3. The van der Waals surface area contributed by atoms with Gasteiger partial charge in [-0.3, -0.25) is 4.79 Å². The molecular weight excluding hydrogens is 285 g/mol. The number of halogens is 1. The monoisotopic (exact) mass is 301 g/mol. The third-order valence-electron chi connectivity index (χ3n) is 4.00. The number of carbonyl (C=O) groups is 1. The third-order valence-corrected chi connectivity index (χ3v) is 4.00. The number of para-hydroxylation sites is 1. The van der Waals surface area contributed by atoms with E-state index in [1.165, 1.54) is 13.2 Å². The van der Waals surface area contributed by atoms with Gasteiger partial charge in [0.05, 0.1) is 18.7 Å². The van der Waals surface area contributed by atoms with Crippen LogP contribution in [0.3, 0.4) is 0 Å². The first-order valence-electron chi connectivity index (χ1n) is 6.98. The molecule has 1 amide bonds. The number of rotatable bonds is 3. The Labute approximate surface area is 127 Å². The number of aliphatic hydroxyl groups excluding tert-OH is 1. The predicted octanol–water partition coefficient (Wildman–Crippen LogP) is 2.97. The van der Waals surface area contributed by atoms with Crippen molar-refractivity contribution in [1.29, 1.82) is 0 Å². The Morgan fingerprint density at radius 1 is 1.32 bits per heavy atom.